The Kier molecular flexibility index (Phi) is 6.78. The molecule has 1 amide bonds. The lowest BCUT2D eigenvalue weighted by Crippen LogP contribution is -2.57. The van der Waals surface area contributed by atoms with Crippen molar-refractivity contribution in [1.82, 2.24) is 15.5 Å². The van der Waals surface area contributed by atoms with Crippen LogP contribution in [0.3, 0.4) is 0 Å². The number of halogens is 4. The Labute approximate surface area is 144 Å². The van der Waals surface area contributed by atoms with Crippen LogP contribution in [0.2, 0.25) is 0 Å². The number of hydrogen-bond donors (Lipinski definition) is 2. The Morgan fingerprint density at radius 3 is 2.60 bits per heavy atom. The van der Waals surface area contributed by atoms with Crippen LogP contribution < -0.4 is 10.6 Å². The van der Waals surface area contributed by atoms with E-state index >= 15 is 0 Å². The Balaban J connectivity index is 1.89. The van der Waals surface area contributed by atoms with Gasteiger partial charge in [-0.3, -0.25) is 9.69 Å². The minimum absolute atomic E-state index is 0.00951. The summed E-state index contributed by atoms with van der Waals surface area (Å²) in [5, 5.41) is 5.39. The van der Waals surface area contributed by atoms with Crippen molar-refractivity contribution in [3.05, 3.63) is 35.6 Å². The Bertz CT molecular complexity index is 573. The molecule has 140 valence electrons. The third-order valence-electron chi connectivity index (χ3n) is 4.37. The molecule has 2 unspecified atom stereocenters. The number of nitrogens with zero attached hydrogens (tertiary/aromatic N) is 1. The predicted molar refractivity (Wildman–Crippen MR) is 86.7 cm³/mol. The van der Waals surface area contributed by atoms with Gasteiger partial charge in [-0.05, 0) is 23.6 Å². The highest BCUT2D eigenvalue weighted by molar-refractivity contribution is 5.76. The van der Waals surface area contributed by atoms with E-state index in [1.54, 1.807) is 19.1 Å². The molecule has 0 spiro atoms. The maximum atomic E-state index is 13.3. The zero-order valence-corrected chi connectivity index (χ0v) is 14.1. The van der Waals surface area contributed by atoms with Crippen molar-refractivity contribution in [1.29, 1.82) is 0 Å². The standard InChI is InChI=1S/C17H23F4N3O/c1-12(13-3-2-4-14(18)10-13)9-16(25)23-11-15(17(19,20)21)24-7-5-22-6-8-24/h2-4,10,12,15,22H,5-9,11H2,1H3,(H,23,25). The second kappa shape index (κ2) is 8.62. The molecule has 2 rings (SSSR count). The number of carbonyl (C=O) groups excluding carboxylic acids is 1. The number of hydrogen-bond acceptors (Lipinski definition) is 3. The number of piperazine rings is 1. The summed E-state index contributed by atoms with van der Waals surface area (Å²) in [5.74, 6) is -1.15. The molecule has 0 bridgehead atoms. The first-order valence-corrected chi connectivity index (χ1v) is 8.31. The summed E-state index contributed by atoms with van der Waals surface area (Å²) in [6.07, 6.45) is -4.39. The quantitative estimate of drug-likeness (QED) is 0.764. The normalized spacial score (nSPS) is 18.6. The topological polar surface area (TPSA) is 44.4 Å². The van der Waals surface area contributed by atoms with E-state index in [1.807, 2.05) is 0 Å². The predicted octanol–water partition coefficient (Wildman–Crippen LogP) is 2.27. The highest BCUT2D eigenvalue weighted by Gasteiger charge is 2.43. The van der Waals surface area contributed by atoms with Gasteiger partial charge in [0, 0.05) is 39.1 Å². The summed E-state index contributed by atoms with van der Waals surface area (Å²) < 4.78 is 53.0. The van der Waals surface area contributed by atoms with Gasteiger partial charge in [-0.15, -0.1) is 0 Å². The zero-order chi connectivity index (χ0) is 18.4. The molecule has 1 saturated heterocycles. The fourth-order valence-electron chi connectivity index (χ4n) is 2.94. The average Bonchev–Trinajstić information content (AvgIpc) is 2.54. The highest BCUT2D eigenvalue weighted by atomic mass is 19.4. The highest BCUT2D eigenvalue weighted by Crippen LogP contribution is 2.25. The van der Waals surface area contributed by atoms with Crippen LogP contribution in [0.15, 0.2) is 24.3 Å². The third kappa shape index (κ3) is 5.97. The lowest BCUT2D eigenvalue weighted by atomic mass is 9.97. The second-order valence-corrected chi connectivity index (χ2v) is 6.31. The molecule has 25 heavy (non-hydrogen) atoms. The summed E-state index contributed by atoms with van der Waals surface area (Å²) in [6.45, 7) is 2.85. The van der Waals surface area contributed by atoms with E-state index in [0.29, 0.717) is 31.7 Å². The first-order valence-electron chi connectivity index (χ1n) is 8.31. The minimum atomic E-state index is -4.40. The second-order valence-electron chi connectivity index (χ2n) is 6.31. The Hall–Kier alpha value is -1.67. The molecule has 1 aromatic carbocycles. The van der Waals surface area contributed by atoms with Gasteiger partial charge in [0.25, 0.3) is 0 Å². The van der Waals surface area contributed by atoms with Crippen LogP contribution in [0, 0.1) is 5.82 Å². The summed E-state index contributed by atoms with van der Waals surface area (Å²) >= 11 is 0. The number of nitrogens with one attached hydrogen (secondary N) is 2. The molecule has 1 fully saturated rings. The van der Waals surface area contributed by atoms with Crippen LogP contribution >= 0.6 is 0 Å². The molecular formula is C17H23F4N3O. The van der Waals surface area contributed by atoms with Crippen LogP contribution in [-0.4, -0.2) is 55.7 Å². The number of amides is 1. The third-order valence-corrected chi connectivity index (χ3v) is 4.37. The first kappa shape index (κ1) is 19.7. The van der Waals surface area contributed by atoms with Crippen molar-refractivity contribution in [2.45, 2.75) is 31.5 Å². The van der Waals surface area contributed by atoms with Crippen molar-refractivity contribution in [3.63, 3.8) is 0 Å². The van der Waals surface area contributed by atoms with Gasteiger partial charge in [-0.1, -0.05) is 19.1 Å². The molecular weight excluding hydrogens is 338 g/mol. The van der Waals surface area contributed by atoms with Crippen molar-refractivity contribution >= 4 is 5.91 Å². The average molecular weight is 361 g/mol. The van der Waals surface area contributed by atoms with Crippen LogP contribution in [0.5, 0.6) is 0 Å². The largest absolute Gasteiger partial charge is 0.405 e. The van der Waals surface area contributed by atoms with Gasteiger partial charge in [0.1, 0.15) is 11.9 Å². The summed E-state index contributed by atoms with van der Waals surface area (Å²) in [7, 11) is 0. The Morgan fingerprint density at radius 2 is 2.00 bits per heavy atom. The molecule has 0 aliphatic carbocycles. The molecule has 1 aliphatic rings. The number of rotatable bonds is 6. The van der Waals surface area contributed by atoms with Gasteiger partial charge in [-0.25, -0.2) is 4.39 Å². The van der Waals surface area contributed by atoms with E-state index in [-0.39, 0.29) is 12.3 Å². The van der Waals surface area contributed by atoms with E-state index in [2.05, 4.69) is 10.6 Å². The van der Waals surface area contributed by atoms with E-state index in [1.165, 1.54) is 17.0 Å². The van der Waals surface area contributed by atoms with Crippen LogP contribution in [0.1, 0.15) is 24.8 Å². The van der Waals surface area contributed by atoms with Gasteiger partial charge >= 0.3 is 6.18 Å². The van der Waals surface area contributed by atoms with E-state index in [0.717, 1.165) is 0 Å². The lowest BCUT2D eigenvalue weighted by molar-refractivity contribution is -0.184. The monoisotopic (exact) mass is 361 g/mol. The van der Waals surface area contributed by atoms with Gasteiger partial charge in [-0.2, -0.15) is 13.2 Å². The van der Waals surface area contributed by atoms with Gasteiger partial charge in [0.2, 0.25) is 5.91 Å². The summed E-state index contributed by atoms with van der Waals surface area (Å²) in [5.41, 5.74) is 0.643. The van der Waals surface area contributed by atoms with Crippen molar-refractivity contribution < 1.29 is 22.4 Å². The van der Waals surface area contributed by atoms with Gasteiger partial charge in [0.05, 0.1) is 0 Å². The molecule has 1 aliphatic heterocycles. The van der Waals surface area contributed by atoms with Crippen LogP contribution in [-0.2, 0) is 4.79 Å². The van der Waals surface area contributed by atoms with E-state index in [4.69, 9.17) is 0 Å². The minimum Gasteiger partial charge on any atom is -0.354 e. The van der Waals surface area contributed by atoms with Gasteiger partial charge < -0.3 is 10.6 Å². The summed E-state index contributed by atoms with van der Waals surface area (Å²) in [4.78, 5) is 13.4. The smallest absolute Gasteiger partial charge is 0.354 e. The molecule has 0 radical (unpaired) electrons. The maximum absolute atomic E-state index is 13.3. The van der Waals surface area contributed by atoms with Crippen LogP contribution in [0.25, 0.3) is 0 Å². The number of benzene rings is 1. The molecule has 1 aromatic rings. The number of alkyl halides is 3. The van der Waals surface area contributed by atoms with E-state index in [9.17, 15) is 22.4 Å². The fraction of sp³-hybridized carbons (Fsp3) is 0.588. The lowest BCUT2D eigenvalue weighted by Gasteiger charge is -2.36. The fourth-order valence-corrected chi connectivity index (χ4v) is 2.94. The number of carbonyl (C=O) groups is 1. The molecule has 1 heterocycles. The van der Waals surface area contributed by atoms with E-state index < -0.39 is 30.5 Å². The molecule has 8 heteroatoms. The Morgan fingerprint density at radius 1 is 1.32 bits per heavy atom. The molecule has 4 nitrogen and oxygen atoms in total. The molecule has 2 atom stereocenters. The van der Waals surface area contributed by atoms with Gasteiger partial charge in [0.15, 0.2) is 0 Å². The molecule has 0 saturated carbocycles. The molecule has 0 aromatic heterocycles. The SMILES string of the molecule is CC(CC(=O)NCC(N1CCNCC1)C(F)(F)F)c1cccc(F)c1. The first-order chi connectivity index (χ1) is 11.8. The maximum Gasteiger partial charge on any atom is 0.405 e. The van der Waals surface area contributed by atoms with Crippen molar-refractivity contribution in [3.8, 4) is 0 Å². The zero-order valence-electron chi connectivity index (χ0n) is 14.1. The van der Waals surface area contributed by atoms with Crippen molar-refractivity contribution in [2.24, 2.45) is 0 Å². The van der Waals surface area contributed by atoms with Crippen molar-refractivity contribution in [2.75, 3.05) is 32.7 Å². The molecule has 2 N–H and O–H groups in total. The summed E-state index contributed by atoms with van der Waals surface area (Å²) in [6, 6.07) is 4.18. The van der Waals surface area contributed by atoms with Crippen LogP contribution in [0.4, 0.5) is 17.6 Å².